The number of anilines is 1. The second kappa shape index (κ2) is 9.01. The highest BCUT2D eigenvalue weighted by Crippen LogP contribution is 2.41. The third kappa shape index (κ3) is 4.25. The van der Waals surface area contributed by atoms with E-state index in [1.54, 1.807) is 4.31 Å². The van der Waals surface area contributed by atoms with E-state index in [2.05, 4.69) is 42.9 Å². The van der Waals surface area contributed by atoms with Crippen LogP contribution in [0.5, 0.6) is 0 Å². The summed E-state index contributed by atoms with van der Waals surface area (Å²) in [5.74, 6) is 0.880. The summed E-state index contributed by atoms with van der Waals surface area (Å²) in [6.45, 7) is 6.91. The molecule has 4 aromatic rings. The monoisotopic (exact) mass is 536 g/mol. The number of sulfonamides is 1. The summed E-state index contributed by atoms with van der Waals surface area (Å²) in [4.78, 5) is 14.9. The molecular formula is C26H32N8O3S. The molecule has 1 aromatic carbocycles. The number of likely N-dealkylation sites (tertiary alicyclic amines) is 1. The summed E-state index contributed by atoms with van der Waals surface area (Å²) in [5, 5.41) is 8.33. The second-order valence-corrected chi connectivity index (χ2v) is 12.9. The van der Waals surface area contributed by atoms with Gasteiger partial charge < -0.3 is 14.0 Å². The Labute approximate surface area is 221 Å². The molecule has 11 nitrogen and oxygen atoms in total. The van der Waals surface area contributed by atoms with Crippen molar-refractivity contribution in [3.8, 4) is 11.3 Å². The van der Waals surface area contributed by atoms with E-state index < -0.39 is 10.0 Å². The Balaban J connectivity index is 1.16. The van der Waals surface area contributed by atoms with Crippen LogP contribution in [0, 0.1) is 5.41 Å². The molecule has 3 aliphatic rings. The number of fused-ring (bicyclic) bond motifs is 2. The molecule has 0 amide bonds. The van der Waals surface area contributed by atoms with E-state index in [1.165, 1.54) is 6.26 Å². The zero-order valence-corrected chi connectivity index (χ0v) is 22.3. The summed E-state index contributed by atoms with van der Waals surface area (Å²) >= 11 is 0. The minimum Gasteiger partial charge on any atom is -0.378 e. The number of hydrogen-bond acceptors (Lipinski definition) is 8. The predicted molar refractivity (Wildman–Crippen MR) is 144 cm³/mol. The maximum Gasteiger partial charge on any atom is 0.211 e. The fraction of sp³-hybridized carbons (Fsp3) is 0.500. The van der Waals surface area contributed by atoms with Gasteiger partial charge in [-0.3, -0.25) is 10.00 Å². The fourth-order valence-corrected chi connectivity index (χ4v) is 7.10. The first kappa shape index (κ1) is 24.0. The van der Waals surface area contributed by atoms with Crippen LogP contribution in [0.2, 0.25) is 0 Å². The van der Waals surface area contributed by atoms with Gasteiger partial charge in [0, 0.05) is 61.5 Å². The normalized spacial score (nSPS) is 20.9. The molecule has 7 rings (SSSR count). The zero-order valence-electron chi connectivity index (χ0n) is 21.5. The lowest BCUT2D eigenvalue weighted by molar-refractivity contribution is -0.00128. The molecule has 0 bridgehead atoms. The van der Waals surface area contributed by atoms with Crippen molar-refractivity contribution >= 4 is 32.4 Å². The van der Waals surface area contributed by atoms with Crippen molar-refractivity contribution in [3.05, 3.63) is 42.5 Å². The van der Waals surface area contributed by atoms with Crippen LogP contribution < -0.4 is 4.90 Å². The van der Waals surface area contributed by atoms with Crippen LogP contribution in [-0.2, 0) is 21.3 Å². The van der Waals surface area contributed by atoms with Crippen LogP contribution >= 0.6 is 0 Å². The number of piperidine rings is 1. The summed E-state index contributed by atoms with van der Waals surface area (Å²) < 4.78 is 33.0. The van der Waals surface area contributed by atoms with Crippen LogP contribution in [0.25, 0.3) is 27.8 Å². The maximum atomic E-state index is 11.8. The van der Waals surface area contributed by atoms with Crippen molar-refractivity contribution < 1.29 is 13.2 Å². The largest absolute Gasteiger partial charge is 0.378 e. The van der Waals surface area contributed by atoms with E-state index in [0.29, 0.717) is 26.3 Å². The van der Waals surface area contributed by atoms with Gasteiger partial charge in [-0.05, 0) is 32.0 Å². The van der Waals surface area contributed by atoms with E-state index >= 15 is 0 Å². The molecule has 3 saturated heterocycles. The van der Waals surface area contributed by atoms with E-state index in [0.717, 1.165) is 84.9 Å². The topological polar surface area (TPSA) is 112 Å². The first-order valence-corrected chi connectivity index (χ1v) is 15.0. The van der Waals surface area contributed by atoms with Gasteiger partial charge in [0.05, 0.1) is 42.6 Å². The van der Waals surface area contributed by atoms with Gasteiger partial charge in [-0.25, -0.2) is 22.7 Å². The van der Waals surface area contributed by atoms with Crippen LogP contribution in [0.15, 0.2) is 36.8 Å². The molecule has 6 heterocycles. The standard InChI is InChI=1S/C26H32N8O3S/c1-38(35,36)34-17-26(18-34)5-7-31(8-6-26)14-19-15-33-16-23(20-3-2-4-22-21(20)13-27-30-22)29-25(24(33)28-19)32-9-11-37-12-10-32/h2-4,13,15-16H,5-12,14,17-18H2,1H3,(H,27,30). The molecule has 3 aromatic heterocycles. The van der Waals surface area contributed by atoms with Crippen molar-refractivity contribution in [1.82, 2.24) is 33.8 Å². The molecule has 12 heteroatoms. The quantitative estimate of drug-likeness (QED) is 0.412. The Hall–Kier alpha value is -3.06. The number of aromatic nitrogens is 5. The van der Waals surface area contributed by atoms with Gasteiger partial charge in [-0.2, -0.15) is 5.10 Å². The number of rotatable bonds is 5. The lowest BCUT2D eigenvalue weighted by Crippen LogP contribution is -2.61. The minimum absolute atomic E-state index is 0.148. The molecule has 0 atom stereocenters. The Morgan fingerprint density at radius 3 is 2.61 bits per heavy atom. The highest BCUT2D eigenvalue weighted by Gasteiger charge is 2.48. The highest BCUT2D eigenvalue weighted by molar-refractivity contribution is 7.88. The van der Waals surface area contributed by atoms with E-state index in [1.807, 2.05) is 18.3 Å². The third-order valence-corrected chi connectivity index (χ3v) is 9.53. The van der Waals surface area contributed by atoms with Gasteiger partial charge in [0.15, 0.2) is 11.5 Å². The molecule has 1 spiro atoms. The molecule has 1 N–H and O–H groups in total. The number of imidazole rings is 1. The Morgan fingerprint density at radius 1 is 1.05 bits per heavy atom. The minimum atomic E-state index is -3.08. The Morgan fingerprint density at radius 2 is 1.84 bits per heavy atom. The molecular weight excluding hydrogens is 504 g/mol. The second-order valence-electron chi connectivity index (χ2n) is 11.0. The smallest absolute Gasteiger partial charge is 0.211 e. The summed E-state index contributed by atoms with van der Waals surface area (Å²) in [5.41, 5.74) is 4.93. The first-order chi connectivity index (χ1) is 18.4. The van der Waals surface area contributed by atoms with Crippen LogP contribution in [-0.4, -0.2) is 101 Å². The van der Waals surface area contributed by atoms with Crippen molar-refractivity contribution in [2.45, 2.75) is 19.4 Å². The lowest BCUT2D eigenvalue weighted by atomic mass is 9.73. The van der Waals surface area contributed by atoms with E-state index in [-0.39, 0.29) is 5.41 Å². The van der Waals surface area contributed by atoms with Crippen molar-refractivity contribution in [2.75, 3.05) is 63.6 Å². The number of ether oxygens (including phenoxy) is 1. The maximum absolute atomic E-state index is 11.8. The van der Waals surface area contributed by atoms with Gasteiger partial charge in [0.1, 0.15) is 0 Å². The van der Waals surface area contributed by atoms with Gasteiger partial charge >= 0.3 is 0 Å². The predicted octanol–water partition coefficient (Wildman–Crippen LogP) is 1.97. The molecule has 200 valence electrons. The van der Waals surface area contributed by atoms with Gasteiger partial charge in [0.2, 0.25) is 10.0 Å². The van der Waals surface area contributed by atoms with Crippen molar-refractivity contribution in [1.29, 1.82) is 0 Å². The van der Waals surface area contributed by atoms with Crippen LogP contribution in [0.3, 0.4) is 0 Å². The first-order valence-electron chi connectivity index (χ1n) is 13.2. The van der Waals surface area contributed by atoms with Gasteiger partial charge in [-0.1, -0.05) is 12.1 Å². The van der Waals surface area contributed by atoms with Crippen molar-refractivity contribution in [2.24, 2.45) is 5.41 Å². The van der Waals surface area contributed by atoms with Gasteiger partial charge in [0.25, 0.3) is 0 Å². The van der Waals surface area contributed by atoms with Crippen molar-refractivity contribution in [3.63, 3.8) is 0 Å². The average molecular weight is 537 g/mol. The van der Waals surface area contributed by atoms with E-state index in [4.69, 9.17) is 14.7 Å². The lowest BCUT2D eigenvalue weighted by Gasteiger charge is -2.52. The molecule has 0 radical (unpaired) electrons. The number of morpholine rings is 1. The Kier molecular flexibility index (Phi) is 5.69. The zero-order chi connectivity index (χ0) is 25.9. The number of nitrogens with zero attached hydrogens (tertiary/aromatic N) is 7. The molecule has 38 heavy (non-hydrogen) atoms. The van der Waals surface area contributed by atoms with E-state index in [9.17, 15) is 8.42 Å². The highest BCUT2D eigenvalue weighted by atomic mass is 32.2. The number of aromatic amines is 1. The van der Waals surface area contributed by atoms with Crippen LogP contribution in [0.4, 0.5) is 5.82 Å². The Bertz CT molecular complexity index is 1590. The third-order valence-electron chi connectivity index (χ3n) is 8.34. The van der Waals surface area contributed by atoms with Gasteiger partial charge in [-0.15, -0.1) is 0 Å². The fourth-order valence-electron chi connectivity index (χ4n) is 6.08. The summed E-state index contributed by atoms with van der Waals surface area (Å²) in [7, 11) is -3.08. The SMILES string of the molecule is CS(=O)(=O)N1CC2(CCN(Cc3cn4cc(-c5cccc6[nH]ncc56)nc(N5CCOCC5)c4n3)CC2)C1. The molecule has 3 aliphatic heterocycles. The molecule has 0 aliphatic carbocycles. The summed E-state index contributed by atoms with van der Waals surface area (Å²) in [6, 6.07) is 6.13. The molecule has 3 fully saturated rings. The average Bonchev–Trinajstić information content (AvgIpc) is 3.54. The molecule has 0 unspecified atom stereocenters. The number of hydrogen-bond donors (Lipinski definition) is 1. The summed E-state index contributed by atoms with van der Waals surface area (Å²) in [6.07, 6.45) is 9.39. The molecule has 0 saturated carbocycles. The number of nitrogens with one attached hydrogen (secondary N) is 1. The number of H-pyrrole nitrogens is 1. The number of benzene rings is 1. The van der Waals surface area contributed by atoms with Crippen LogP contribution in [0.1, 0.15) is 18.5 Å².